The van der Waals surface area contributed by atoms with Crippen LogP contribution in [-0.2, 0) is 21.4 Å². The predicted octanol–water partition coefficient (Wildman–Crippen LogP) is 4.86. The molecule has 0 aliphatic rings. The van der Waals surface area contributed by atoms with Gasteiger partial charge in [-0.25, -0.2) is 27.3 Å². The van der Waals surface area contributed by atoms with E-state index in [-0.39, 0.29) is 27.9 Å². The van der Waals surface area contributed by atoms with Gasteiger partial charge in [0.2, 0.25) is 10.0 Å². The third-order valence-electron chi connectivity index (χ3n) is 5.63. The number of esters is 1. The molecular weight excluding hydrogens is 519 g/mol. The Morgan fingerprint density at radius 1 is 1.00 bits per heavy atom. The van der Waals surface area contributed by atoms with Crippen molar-refractivity contribution in [3.8, 4) is 22.4 Å². The lowest BCUT2D eigenvalue weighted by molar-refractivity contribution is 0.0472. The Balaban J connectivity index is 1.49. The van der Waals surface area contributed by atoms with E-state index in [9.17, 15) is 17.6 Å². The van der Waals surface area contributed by atoms with E-state index in [1.54, 1.807) is 41.3 Å². The van der Waals surface area contributed by atoms with Gasteiger partial charge in [-0.3, -0.25) is 4.98 Å². The second kappa shape index (κ2) is 9.74. The summed E-state index contributed by atoms with van der Waals surface area (Å²) in [6, 6.07) is 17.0. The van der Waals surface area contributed by atoms with Crippen LogP contribution in [0.25, 0.3) is 27.9 Å². The molecule has 2 aromatic carbocycles. The molecule has 3 heterocycles. The number of fused-ring (bicyclic) bond motifs is 1. The molecule has 0 spiro atoms. The number of sulfonamides is 1. The Kier molecular flexibility index (Phi) is 6.46. The minimum Gasteiger partial charge on any atom is -0.457 e. The number of carbonyl (C=O) groups excluding carboxylic acids is 1. The summed E-state index contributed by atoms with van der Waals surface area (Å²) >= 11 is 5.89. The van der Waals surface area contributed by atoms with Crippen molar-refractivity contribution in [2.75, 3.05) is 0 Å². The molecule has 11 heteroatoms. The fourth-order valence-electron chi connectivity index (χ4n) is 3.87. The molecule has 5 aromatic rings. The van der Waals surface area contributed by atoms with Crippen LogP contribution in [0, 0.1) is 5.82 Å². The number of nitrogens with two attached hydrogens (primary N) is 1. The Labute approximate surface area is 216 Å². The number of ether oxygens (including phenoxy) is 1. The smallest absolute Gasteiger partial charge is 0.338 e. The van der Waals surface area contributed by atoms with Crippen molar-refractivity contribution in [1.82, 2.24) is 14.6 Å². The molecule has 0 radical (unpaired) electrons. The summed E-state index contributed by atoms with van der Waals surface area (Å²) in [6.45, 7) is -0.0878. The monoisotopic (exact) mass is 536 g/mol. The molecular formula is C26H18ClFN4O4S. The number of hydrogen-bond donors (Lipinski definition) is 1. The van der Waals surface area contributed by atoms with Gasteiger partial charge >= 0.3 is 5.97 Å². The summed E-state index contributed by atoms with van der Waals surface area (Å²) < 4.78 is 44.1. The van der Waals surface area contributed by atoms with Gasteiger partial charge in [0, 0.05) is 29.7 Å². The summed E-state index contributed by atoms with van der Waals surface area (Å²) in [6.07, 6.45) is 5.07. The first-order chi connectivity index (χ1) is 17.7. The Morgan fingerprint density at radius 3 is 2.43 bits per heavy atom. The minimum atomic E-state index is -4.11. The van der Waals surface area contributed by atoms with E-state index in [1.165, 1.54) is 24.3 Å². The third kappa shape index (κ3) is 5.08. The van der Waals surface area contributed by atoms with E-state index in [4.69, 9.17) is 26.6 Å². The number of hydrogen-bond acceptors (Lipinski definition) is 6. The molecule has 3 aromatic heterocycles. The highest BCUT2D eigenvalue weighted by Crippen LogP contribution is 2.35. The first-order valence-electron chi connectivity index (χ1n) is 10.9. The normalized spacial score (nSPS) is 11.5. The van der Waals surface area contributed by atoms with Gasteiger partial charge in [-0.1, -0.05) is 11.6 Å². The molecule has 0 bridgehead atoms. The molecule has 8 nitrogen and oxygen atoms in total. The number of halogens is 2. The van der Waals surface area contributed by atoms with Crippen LogP contribution in [-0.4, -0.2) is 29.0 Å². The average molecular weight is 537 g/mol. The van der Waals surface area contributed by atoms with E-state index in [0.717, 1.165) is 28.3 Å². The van der Waals surface area contributed by atoms with E-state index in [2.05, 4.69) is 4.98 Å². The van der Waals surface area contributed by atoms with E-state index in [0.29, 0.717) is 11.3 Å². The van der Waals surface area contributed by atoms with Gasteiger partial charge in [0.1, 0.15) is 23.0 Å². The molecule has 5 rings (SSSR count). The number of nitrogens with zero attached hydrogens (tertiary/aromatic N) is 3. The van der Waals surface area contributed by atoms with Crippen molar-refractivity contribution in [2.24, 2.45) is 5.14 Å². The predicted molar refractivity (Wildman–Crippen MR) is 136 cm³/mol. The fraction of sp³-hybridized carbons (Fsp3) is 0.0385. The van der Waals surface area contributed by atoms with E-state index in [1.807, 2.05) is 18.2 Å². The number of pyridine rings is 2. The highest BCUT2D eigenvalue weighted by atomic mass is 35.5. The first-order valence-corrected chi connectivity index (χ1v) is 12.8. The molecule has 0 saturated heterocycles. The van der Waals surface area contributed by atoms with Crippen LogP contribution >= 0.6 is 11.6 Å². The Morgan fingerprint density at radius 2 is 1.73 bits per heavy atom. The van der Waals surface area contributed by atoms with Crippen LogP contribution < -0.4 is 5.14 Å². The van der Waals surface area contributed by atoms with Crippen LogP contribution in [0.4, 0.5) is 4.39 Å². The van der Waals surface area contributed by atoms with Crippen molar-refractivity contribution in [2.45, 2.75) is 11.5 Å². The molecule has 186 valence electrons. The van der Waals surface area contributed by atoms with Gasteiger partial charge in [0.05, 0.1) is 16.1 Å². The number of rotatable bonds is 6. The Hall–Kier alpha value is -4.12. The molecule has 0 saturated carbocycles. The summed E-state index contributed by atoms with van der Waals surface area (Å²) in [5.41, 5.74) is 4.45. The zero-order valence-electron chi connectivity index (χ0n) is 19.0. The Bertz CT molecular complexity index is 1740. The van der Waals surface area contributed by atoms with Crippen molar-refractivity contribution in [3.05, 3.63) is 107 Å². The van der Waals surface area contributed by atoms with Crippen molar-refractivity contribution in [3.63, 3.8) is 0 Å². The molecule has 0 fully saturated rings. The summed E-state index contributed by atoms with van der Waals surface area (Å²) in [7, 11) is -4.11. The van der Waals surface area contributed by atoms with Crippen LogP contribution in [0.3, 0.4) is 0 Å². The number of primary sulfonamides is 1. The molecule has 0 amide bonds. The van der Waals surface area contributed by atoms with E-state index < -0.39 is 16.0 Å². The van der Waals surface area contributed by atoms with Crippen LogP contribution in [0.15, 0.2) is 90.2 Å². The molecule has 0 unspecified atom stereocenters. The lowest BCUT2D eigenvalue weighted by Crippen LogP contribution is -2.14. The maximum atomic E-state index is 13.5. The van der Waals surface area contributed by atoms with Crippen LogP contribution in [0.2, 0.25) is 5.02 Å². The molecule has 37 heavy (non-hydrogen) atoms. The largest absolute Gasteiger partial charge is 0.457 e. The van der Waals surface area contributed by atoms with Gasteiger partial charge in [-0.15, -0.1) is 0 Å². The van der Waals surface area contributed by atoms with Gasteiger partial charge in [0.15, 0.2) is 0 Å². The average Bonchev–Trinajstić information content (AvgIpc) is 3.26. The molecule has 0 aliphatic heterocycles. The lowest BCUT2D eigenvalue weighted by Gasteiger charge is -2.08. The van der Waals surface area contributed by atoms with Crippen LogP contribution in [0.5, 0.6) is 0 Å². The standard InChI is InChI=1S/C26H18ClFN4O4S/c27-21-6-3-19(14-23(21)37(29,34)35)26(33)36-15-16-9-12-32-22(13-16)24(17-7-10-30-11-8-17)25(31-32)18-1-4-20(28)5-2-18/h1-14H,15H2,(H2,29,34,35). The maximum absolute atomic E-state index is 13.5. The van der Waals surface area contributed by atoms with Crippen molar-refractivity contribution in [1.29, 1.82) is 0 Å². The fourth-order valence-corrected chi connectivity index (χ4v) is 4.94. The van der Waals surface area contributed by atoms with Gasteiger partial charge in [-0.2, -0.15) is 5.10 Å². The first kappa shape index (κ1) is 24.6. The van der Waals surface area contributed by atoms with Crippen molar-refractivity contribution >= 4 is 33.1 Å². The number of carbonyl (C=O) groups is 1. The summed E-state index contributed by atoms with van der Waals surface area (Å²) in [5, 5.41) is 9.77. The molecule has 0 atom stereocenters. The zero-order chi connectivity index (χ0) is 26.2. The van der Waals surface area contributed by atoms with Gasteiger partial charge in [-0.05, 0) is 77.9 Å². The lowest BCUT2D eigenvalue weighted by atomic mass is 10.00. The zero-order valence-corrected chi connectivity index (χ0v) is 20.6. The second-order valence-corrected chi connectivity index (χ2v) is 10.0. The van der Waals surface area contributed by atoms with E-state index >= 15 is 0 Å². The number of aromatic nitrogens is 3. The summed E-state index contributed by atoms with van der Waals surface area (Å²) in [5.74, 6) is -1.09. The minimum absolute atomic E-state index is 0.00470. The van der Waals surface area contributed by atoms with Crippen molar-refractivity contribution < 1.29 is 22.3 Å². The van der Waals surface area contributed by atoms with Gasteiger partial charge in [0.25, 0.3) is 0 Å². The van der Waals surface area contributed by atoms with Crippen LogP contribution in [0.1, 0.15) is 15.9 Å². The van der Waals surface area contributed by atoms with Gasteiger partial charge < -0.3 is 4.74 Å². The maximum Gasteiger partial charge on any atom is 0.338 e. The topological polar surface area (TPSA) is 117 Å². The molecule has 2 N–H and O–H groups in total. The number of benzene rings is 2. The highest BCUT2D eigenvalue weighted by molar-refractivity contribution is 7.89. The second-order valence-electron chi connectivity index (χ2n) is 8.10. The quantitative estimate of drug-likeness (QED) is 0.310. The highest BCUT2D eigenvalue weighted by Gasteiger charge is 2.19. The molecule has 0 aliphatic carbocycles. The third-order valence-corrected chi connectivity index (χ3v) is 7.02. The SMILES string of the molecule is NS(=O)(=O)c1cc(C(=O)OCc2ccn3nc(-c4ccc(F)cc4)c(-c4ccncc4)c3c2)ccc1Cl. The summed E-state index contributed by atoms with van der Waals surface area (Å²) in [4.78, 5) is 16.3.